The molecule has 0 heterocycles. The molecule has 0 bridgehead atoms. The highest BCUT2D eigenvalue weighted by Crippen LogP contribution is 2.15. The Hall–Kier alpha value is -0.650. The molecular formula is C10H13BrClFN2O. The molecule has 1 aromatic carbocycles. The maximum atomic E-state index is 13.2. The number of carbonyl (C=O) groups excluding carboxylic acids is 1. The van der Waals surface area contributed by atoms with Gasteiger partial charge in [-0.3, -0.25) is 4.79 Å². The van der Waals surface area contributed by atoms with Crippen LogP contribution in [0.2, 0.25) is 0 Å². The molecule has 90 valence electrons. The molecule has 16 heavy (non-hydrogen) atoms. The number of halogens is 3. The van der Waals surface area contributed by atoms with Crippen molar-refractivity contribution in [2.45, 2.75) is 6.42 Å². The van der Waals surface area contributed by atoms with E-state index in [-0.39, 0.29) is 30.6 Å². The van der Waals surface area contributed by atoms with E-state index in [9.17, 15) is 9.18 Å². The van der Waals surface area contributed by atoms with Gasteiger partial charge in [0.15, 0.2) is 0 Å². The van der Waals surface area contributed by atoms with Gasteiger partial charge in [0.25, 0.3) is 0 Å². The maximum absolute atomic E-state index is 13.2. The van der Waals surface area contributed by atoms with Crippen molar-refractivity contribution in [2.75, 3.05) is 13.1 Å². The van der Waals surface area contributed by atoms with Gasteiger partial charge in [-0.2, -0.15) is 0 Å². The predicted octanol–water partition coefficient (Wildman–Crippen LogP) is 1.63. The average molecular weight is 312 g/mol. The monoisotopic (exact) mass is 310 g/mol. The third kappa shape index (κ3) is 4.92. The fourth-order valence-electron chi connectivity index (χ4n) is 1.13. The van der Waals surface area contributed by atoms with Crippen molar-refractivity contribution in [3.8, 4) is 0 Å². The average Bonchev–Trinajstić information content (AvgIpc) is 2.20. The highest BCUT2D eigenvalue weighted by atomic mass is 79.9. The van der Waals surface area contributed by atoms with Crippen LogP contribution >= 0.6 is 28.3 Å². The van der Waals surface area contributed by atoms with Crippen LogP contribution in [0.1, 0.15) is 5.56 Å². The van der Waals surface area contributed by atoms with E-state index in [1.807, 2.05) is 0 Å². The van der Waals surface area contributed by atoms with Crippen LogP contribution in [0.15, 0.2) is 22.7 Å². The summed E-state index contributed by atoms with van der Waals surface area (Å²) >= 11 is 3.22. The molecule has 1 aromatic rings. The lowest BCUT2D eigenvalue weighted by atomic mass is 10.1. The summed E-state index contributed by atoms with van der Waals surface area (Å²) in [6.45, 7) is 0.793. The van der Waals surface area contributed by atoms with Crippen LogP contribution in [-0.4, -0.2) is 19.0 Å². The standard InChI is InChI=1S/C10H12BrFN2O.ClH/c11-8-1-2-9(12)7(5-8)6-10(15)14-4-3-13;/h1-2,5H,3-4,6,13H2,(H,14,15);1H. The van der Waals surface area contributed by atoms with Gasteiger partial charge >= 0.3 is 0 Å². The Balaban J connectivity index is 0.00000225. The van der Waals surface area contributed by atoms with Gasteiger partial charge in [0.2, 0.25) is 5.91 Å². The second-order valence-corrected chi connectivity index (χ2v) is 3.97. The number of carbonyl (C=O) groups is 1. The Morgan fingerprint density at radius 3 is 2.81 bits per heavy atom. The molecule has 0 saturated carbocycles. The molecule has 0 atom stereocenters. The highest BCUT2D eigenvalue weighted by molar-refractivity contribution is 9.10. The number of amides is 1. The van der Waals surface area contributed by atoms with E-state index < -0.39 is 0 Å². The molecule has 0 saturated heterocycles. The summed E-state index contributed by atoms with van der Waals surface area (Å²) in [5, 5.41) is 2.58. The molecule has 0 aliphatic heterocycles. The first kappa shape index (κ1) is 15.3. The van der Waals surface area contributed by atoms with E-state index in [0.29, 0.717) is 18.7 Å². The van der Waals surface area contributed by atoms with Crippen molar-refractivity contribution in [3.63, 3.8) is 0 Å². The molecular weight excluding hydrogens is 298 g/mol. The first-order valence-electron chi connectivity index (χ1n) is 4.54. The number of nitrogens with one attached hydrogen (secondary N) is 1. The fourth-order valence-corrected chi connectivity index (χ4v) is 1.53. The van der Waals surface area contributed by atoms with E-state index >= 15 is 0 Å². The molecule has 3 nitrogen and oxygen atoms in total. The zero-order valence-corrected chi connectivity index (χ0v) is 10.9. The molecule has 0 fully saturated rings. The normalized spacial score (nSPS) is 9.44. The van der Waals surface area contributed by atoms with Crippen molar-refractivity contribution in [3.05, 3.63) is 34.1 Å². The van der Waals surface area contributed by atoms with E-state index in [4.69, 9.17) is 5.73 Å². The summed E-state index contributed by atoms with van der Waals surface area (Å²) in [7, 11) is 0. The first-order valence-corrected chi connectivity index (χ1v) is 5.33. The van der Waals surface area contributed by atoms with Gasteiger partial charge in [-0.15, -0.1) is 12.4 Å². The van der Waals surface area contributed by atoms with Crippen molar-refractivity contribution < 1.29 is 9.18 Å². The SMILES string of the molecule is Cl.NCCNC(=O)Cc1cc(Br)ccc1F. The summed E-state index contributed by atoms with van der Waals surface area (Å²) in [4.78, 5) is 11.3. The van der Waals surface area contributed by atoms with Crippen LogP contribution < -0.4 is 11.1 Å². The van der Waals surface area contributed by atoms with Gasteiger partial charge in [0.1, 0.15) is 5.82 Å². The van der Waals surface area contributed by atoms with Crippen molar-refractivity contribution in [2.24, 2.45) is 5.73 Å². The number of benzene rings is 1. The Morgan fingerprint density at radius 2 is 2.19 bits per heavy atom. The third-order valence-electron chi connectivity index (χ3n) is 1.83. The minimum Gasteiger partial charge on any atom is -0.355 e. The van der Waals surface area contributed by atoms with E-state index in [2.05, 4.69) is 21.2 Å². The van der Waals surface area contributed by atoms with Gasteiger partial charge in [-0.25, -0.2) is 4.39 Å². The van der Waals surface area contributed by atoms with Crippen LogP contribution in [0.4, 0.5) is 4.39 Å². The summed E-state index contributed by atoms with van der Waals surface area (Å²) in [5.74, 6) is -0.599. The zero-order valence-electron chi connectivity index (χ0n) is 8.50. The van der Waals surface area contributed by atoms with Crippen LogP contribution in [0.25, 0.3) is 0 Å². The summed E-state index contributed by atoms with van der Waals surface area (Å²) in [6.07, 6.45) is 0.0330. The van der Waals surface area contributed by atoms with Crippen LogP contribution in [0.5, 0.6) is 0 Å². The molecule has 0 radical (unpaired) electrons. The first-order chi connectivity index (χ1) is 7.13. The Bertz CT molecular complexity index is 363. The van der Waals surface area contributed by atoms with Crippen molar-refractivity contribution in [1.29, 1.82) is 0 Å². The van der Waals surface area contributed by atoms with Crippen LogP contribution in [-0.2, 0) is 11.2 Å². The maximum Gasteiger partial charge on any atom is 0.224 e. The minimum absolute atomic E-state index is 0. The number of nitrogens with two attached hydrogens (primary N) is 1. The molecule has 1 amide bonds. The van der Waals surface area contributed by atoms with Gasteiger partial charge < -0.3 is 11.1 Å². The lowest BCUT2D eigenvalue weighted by molar-refractivity contribution is -0.120. The molecule has 0 aliphatic carbocycles. The molecule has 0 aliphatic rings. The Labute approximate surface area is 108 Å². The molecule has 0 spiro atoms. The zero-order chi connectivity index (χ0) is 11.3. The lowest BCUT2D eigenvalue weighted by Gasteiger charge is -2.05. The van der Waals surface area contributed by atoms with Crippen molar-refractivity contribution in [1.82, 2.24) is 5.32 Å². The van der Waals surface area contributed by atoms with Crippen LogP contribution in [0, 0.1) is 5.82 Å². The summed E-state index contributed by atoms with van der Waals surface area (Å²) in [6, 6.07) is 4.52. The number of hydrogen-bond donors (Lipinski definition) is 2. The summed E-state index contributed by atoms with van der Waals surface area (Å²) in [5.41, 5.74) is 5.60. The van der Waals surface area contributed by atoms with Gasteiger partial charge in [0, 0.05) is 17.6 Å². The van der Waals surface area contributed by atoms with E-state index in [1.165, 1.54) is 6.07 Å². The largest absolute Gasteiger partial charge is 0.355 e. The second kappa shape index (κ2) is 7.60. The van der Waals surface area contributed by atoms with Crippen molar-refractivity contribution >= 4 is 34.2 Å². The van der Waals surface area contributed by atoms with Gasteiger partial charge in [-0.1, -0.05) is 15.9 Å². The molecule has 1 rings (SSSR count). The third-order valence-corrected chi connectivity index (χ3v) is 2.32. The second-order valence-electron chi connectivity index (χ2n) is 3.05. The molecule has 3 N–H and O–H groups in total. The van der Waals surface area contributed by atoms with Crippen LogP contribution in [0.3, 0.4) is 0 Å². The topological polar surface area (TPSA) is 55.1 Å². The van der Waals surface area contributed by atoms with E-state index in [1.54, 1.807) is 12.1 Å². The Morgan fingerprint density at radius 1 is 1.50 bits per heavy atom. The highest BCUT2D eigenvalue weighted by Gasteiger charge is 2.07. The van der Waals surface area contributed by atoms with Gasteiger partial charge in [0.05, 0.1) is 6.42 Å². The fraction of sp³-hybridized carbons (Fsp3) is 0.300. The molecule has 0 aromatic heterocycles. The Kier molecular flexibility index (Phi) is 7.29. The quantitative estimate of drug-likeness (QED) is 0.888. The smallest absolute Gasteiger partial charge is 0.224 e. The predicted molar refractivity (Wildman–Crippen MR) is 67.1 cm³/mol. The minimum atomic E-state index is -0.374. The number of rotatable bonds is 4. The van der Waals surface area contributed by atoms with E-state index in [0.717, 1.165) is 4.47 Å². The number of hydrogen-bond acceptors (Lipinski definition) is 2. The molecule has 6 heteroatoms. The van der Waals surface area contributed by atoms with Gasteiger partial charge in [-0.05, 0) is 23.8 Å². The molecule has 0 unspecified atom stereocenters. The summed E-state index contributed by atoms with van der Waals surface area (Å²) < 4.78 is 14.0. The lowest BCUT2D eigenvalue weighted by Crippen LogP contribution is -2.30.